The average Bonchev–Trinajstić information content (AvgIpc) is 2.45. The first-order valence-corrected chi connectivity index (χ1v) is 6.61. The van der Waals surface area contributed by atoms with E-state index in [4.69, 9.17) is 0 Å². The largest absolute Gasteiger partial charge is 0.299 e. The molecule has 0 aliphatic rings. The number of non-ortho nitro benzene ring substituents is 1. The van der Waals surface area contributed by atoms with Crippen LogP contribution in [0.4, 0.5) is 11.4 Å². The Labute approximate surface area is 130 Å². The zero-order chi connectivity index (χ0) is 17.3. The van der Waals surface area contributed by atoms with Gasteiger partial charge in [0.25, 0.3) is 11.4 Å². The van der Waals surface area contributed by atoms with E-state index in [1.54, 1.807) is 6.07 Å². The van der Waals surface area contributed by atoms with Crippen LogP contribution in [-0.2, 0) is 9.59 Å². The summed E-state index contributed by atoms with van der Waals surface area (Å²) in [5.74, 6) is -2.44. The fraction of sp³-hybridized carbons (Fsp3) is 0.200. The van der Waals surface area contributed by atoms with Gasteiger partial charge in [-0.3, -0.25) is 29.8 Å². The van der Waals surface area contributed by atoms with E-state index in [9.17, 15) is 29.8 Å². The highest BCUT2D eigenvalue weighted by atomic mass is 16.6. The van der Waals surface area contributed by atoms with Crippen LogP contribution in [0.3, 0.4) is 0 Å². The van der Waals surface area contributed by atoms with Gasteiger partial charge in [0.05, 0.1) is 26.9 Å². The normalized spacial score (nSPS) is 10.7. The Morgan fingerprint density at radius 1 is 0.913 bits per heavy atom. The highest BCUT2D eigenvalue weighted by Gasteiger charge is 2.34. The second-order valence-corrected chi connectivity index (χ2v) is 5.04. The number of carbonyl (C=O) groups is 2. The summed E-state index contributed by atoms with van der Waals surface area (Å²) < 4.78 is 0. The van der Waals surface area contributed by atoms with Crippen molar-refractivity contribution in [3.8, 4) is 0 Å². The van der Waals surface area contributed by atoms with E-state index in [1.807, 2.05) is 0 Å². The molecule has 118 valence electrons. The van der Waals surface area contributed by atoms with Crippen molar-refractivity contribution in [3.05, 3.63) is 56.1 Å². The molecule has 2 rings (SSSR count). The van der Waals surface area contributed by atoms with Crippen molar-refractivity contribution in [1.82, 2.24) is 0 Å². The van der Waals surface area contributed by atoms with Crippen LogP contribution in [0.15, 0.2) is 30.3 Å². The number of benzene rings is 2. The zero-order valence-electron chi connectivity index (χ0n) is 12.3. The van der Waals surface area contributed by atoms with Crippen molar-refractivity contribution in [1.29, 1.82) is 0 Å². The first-order chi connectivity index (χ1) is 10.8. The van der Waals surface area contributed by atoms with Crippen LogP contribution < -0.4 is 0 Å². The number of nitro groups is 2. The molecule has 23 heavy (non-hydrogen) atoms. The summed E-state index contributed by atoms with van der Waals surface area (Å²) in [6.45, 7) is 2.32. The van der Waals surface area contributed by atoms with Crippen molar-refractivity contribution in [2.45, 2.75) is 19.8 Å². The Kier molecular flexibility index (Phi) is 4.17. The van der Waals surface area contributed by atoms with Crippen molar-refractivity contribution in [2.24, 2.45) is 0 Å². The van der Waals surface area contributed by atoms with Crippen LogP contribution in [0.5, 0.6) is 0 Å². The van der Waals surface area contributed by atoms with Gasteiger partial charge in [-0.25, -0.2) is 0 Å². The minimum absolute atomic E-state index is 0.101. The SMILES string of the molecule is CC(=O)C(C(C)=O)c1c([N+](=O)[O-])cc([N+](=O)[O-])c2ccccc12. The number of nitro benzene ring substituents is 2. The predicted molar refractivity (Wildman–Crippen MR) is 81.4 cm³/mol. The molecule has 0 unspecified atom stereocenters. The molecule has 2 aromatic rings. The molecule has 2 aromatic carbocycles. The Hall–Kier alpha value is -3.16. The maximum absolute atomic E-state index is 11.8. The maximum atomic E-state index is 11.8. The molecule has 0 heterocycles. The molecule has 0 aliphatic heterocycles. The van der Waals surface area contributed by atoms with Gasteiger partial charge in [-0.1, -0.05) is 18.2 Å². The summed E-state index contributed by atoms with van der Waals surface area (Å²) in [7, 11) is 0. The highest BCUT2D eigenvalue weighted by Crippen LogP contribution is 2.40. The molecule has 0 radical (unpaired) electrons. The molecular formula is C15H12N2O6. The molecule has 8 heteroatoms. The average molecular weight is 316 g/mol. The van der Waals surface area contributed by atoms with E-state index in [0.29, 0.717) is 0 Å². The fourth-order valence-electron chi connectivity index (χ4n) is 2.66. The molecule has 0 aromatic heterocycles. The van der Waals surface area contributed by atoms with Gasteiger partial charge in [-0.2, -0.15) is 0 Å². The van der Waals surface area contributed by atoms with E-state index in [-0.39, 0.29) is 16.3 Å². The van der Waals surface area contributed by atoms with Crippen LogP contribution in [0.2, 0.25) is 0 Å². The summed E-state index contributed by atoms with van der Waals surface area (Å²) in [5.41, 5.74) is -1.15. The molecule has 0 spiro atoms. The number of hydrogen-bond acceptors (Lipinski definition) is 6. The minimum atomic E-state index is -1.33. The third kappa shape index (κ3) is 2.78. The molecule has 8 nitrogen and oxygen atoms in total. The fourth-order valence-corrected chi connectivity index (χ4v) is 2.66. The monoisotopic (exact) mass is 316 g/mol. The predicted octanol–water partition coefficient (Wildman–Crippen LogP) is 2.92. The number of fused-ring (bicyclic) bond motifs is 1. The standard InChI is InChI=1S/C15H12N2O6/c1-8(18)14(9(2)19)15-11-6-4-3-5-10(11)12(16(20)21)7-13(15)17(22)23/h3-7,14H,1-2H3. The molecule has 0 atom stereocenters. The van der Waals surface area contributed by atoms with Crippen LogP contribution in [0.1, 0.15) is 25.3 Å². The zero-order valence-corrected chi connectivity index (χ0v) is 12.3. The van der Waals surface area contributed by atoms with Crippen molar-refractivity contribution >= 4 is 33.7 Å². The van der Waals surface area contributed by atoms with E-state index in [1.165, 1.54) is 18.2 Å². The second-order valence-electron chi connectivity index (χ2n) is 5.04. The topological polar surface area (TPSA) is 120 Å². The number of carbonyl (C=O) groups excluding carboxylic acids is 2. The Morgan fingerprint density at radius 3 is 1.83 bits per heavy atom. The first kappa shape index (κ1) is 16.2. The van der Waals surface area contributed by atoms with E-state index in [0.717, 1.165) is 19.9 Å². The summed E-state index contributed by atoms with van der Waals surface area (Å²) in [5, 5.41) is 22.8. The van der Waals surface area contributed by atoms with E-state index < -0.39 is 38.7 Å². The first-order valence-electron chi connectivity index (χ1n) is 6.61. The lowest BCUT2D eigenvalue weighted by atomic mass is 9.86. The molecule has 0 aliphatic carbocycles. The van der Waals surface area contributed by atoms with Crippen LogP contribution >= 0.6 is 0 Å². The Bertz CT molecular complexity index is 844. The summed E-state index contributed by atoms with van der Waals surface area (Å²) in [4.78, 5) is 44.7. The number of rotatable bonds is 5. The van der Waals surface area contributed by atoms with Gasteiger partial charge in [0.15, 0.2) is 0 Å². The van der Waals surface area contributed by atoms with Crippen molar-refractivity contribution < 1.29 is 19.4 Å². The summed E-state index contributed by atoms with van der Waals surface area (Å²) in [6, 6.07) is 6.75. The lowest BCUT2D eigenvalue weighted by Gasteiger charge is -2.14. The van der Waals surface area contributed by atoms with Crippen molar-refractivity contribution in [3.63, 3.8) is 0 Å². The van der Waals surface area contributed by atoms with Gasteiger partial charge in [-0.15, -0.1) is 0 Å². The Balaban J connectivity index is 3.03. The highest BCUT2D eigenvalue weighted by molar-refractivity contribution is 6.11. The van der Waals surface area contributed by atoms with E-state index in [2.05, 4.69) is 0 Å². The second kappa shape index (κ2) is 5.91. The van der Waals surface area contributed by atoms with Gasteiger partial charge in [-0.05, 0) is 25.3 Å². The Morgan fingerprint density at radius 2 is 1.39 bits per heavy atom. The molecular weight excluding hydrogens is 304 g/mol. The van der Waals surface area contributed by atoms with Crippen LogP contribution in [0.25, 0.3) is 10.8 Å². The minimum Gasteiger partial charge on any atom is -0.299 e. The molecule has 0 bridgehead atoms. The molecule has 0 saturated carbocycles. The molecule has 0 N–H and O–H groups in total. The molecule has 0 amide bonds. The van der Waals surface area contributed by atoms with Gasteiger partial charge in [0.2, 0.25) is 0 Å². The lowest BCUT2D eigenvalue weighted by Crippen LogP contribution is -2.19. The number of hydrogen-bond donors (Lipinski definition) is 0. The van der Waals surface area contributed by atoms with E-state index >= 15 is 0 Å². The third-order valence-electron chi connectivity index (χ3n) is 3.54. The van der Waals surface area contributed by atoms with Crippen LogP contribution in [0, 0.1) is 20.2 Å². The molecule has 0 fully saturated rings. The lowest BCUT2D eigenvalue weighted by molar-refractivity contribution is -0.393. The van der Waals surface area contributed by atoms with Gasteiger partial charge < -0.3 is 0 Å². The molecule has 0 saturated heterocycles. The van der Waals surface area contributed by atoms with Gasteiger partial charge >= 0.3 is 0 Å². The van der Waals surface area contributed by atoms with Crippen LogP contribution in [-0.4, -0.2) is 21.4 Å². The number of ketones is 2. The van der Waals surface area contributed by atoms with Crippen molar-refractivity contribution in [2.75, 3.05) is 0 Å². The number of Topliss-reactive ketones (excluding diaryl/α,β-unsaturated/α-hetero) is 2. The summed E-state index contributed by atoms with van der Waals surface area (Å²) in [6.07, 6.45) is 0. The number of nitrogens with zero attached hydrogens (tertiary/aromatic N) is 2. The maximum Gasteiger partial charge on any atom is 0.284 e. The smallest absolute Gasteiger partial charge is 0.284 e. The van der Waals surface area contributed by atoms with Gasteiger partial charge in [0.1, 0.15) is 17.5 Å². The summed E-state index contributed by atoms with van der Waals surface area (Å²) >= 11 is 0. The third-order valence-corrected chi connectivity index (χ3v) is 3.54. The van der Waals surface area contributed by atoms with Gasteiger partial charge in [0, 0.05) is 0 Å². The quantitative estimate of drug-likeness (QED) is 0.475.